The molecule has 0 radical (unpaired) electrons. The van der Waals surface area contributed by atoms with Crippen molar-refractivity contribution in [3.63, 3.8) is 0 Å². The number of aromatic nitrogens is 2. The third-order valence-electron chi connectivity index (χ3n) is 2.49. The molecule has 96 valence electrons. The van der Waals surface area contributed by atoms with Crippen molar-refractivity contribution in [1.29, 1.82) is 0 Å². The Labute approximate surface area is 111 Å². The Kier molecular flexibility index (Phi) is 5.08. The third kappa shape index (κ3) is 3.77. The highest BCUT2D eigenvalue weighted by Crippen LogP contribution is 2.18. The highest BCUT2D eigenvalue weighted by atomic mass is 32.2. The van der Waals surface area contributed by atoms with Crippen LogP contribution in [0.2, 0.25) is 0 Å². The van der Waals surface area contributed by atoms with E-state index in [1.165, 1.54) is 24.3 Å². The van der Waals surface area contributed by atoms with E-state index in [9.17, 15) is 0 Å². The van der Waals surface area contributed by atoms with E-state index in [0.29, 0.717) is 5.89 Å². The Morgan fingerprint density at radius 2 is 2.11 bits per heavy atom. The summed E-state index contributed by atoms with van der Waals surface area (Å²) in [5.74, 6) is 2.96. The normalized spacial score (nSPS) is 10.5. The summed E-state index contributed by atoms with van der Waals surface area (Å²) < 4.78 is 5.14. The molecule has 1 N–H and O–H groups in total. The maximum absolute atomic E-state index is 5.14. The Hall–Kier alpha value is -1.49. The molecule has 4 nitrogen and oxygen atoms in total. The smallest absolute Gasteiger partial charge is 0.247 e. The number of nitrogens with zero attached hydrogens (tertiary/aromatic N) is 2. The molecule has 1 aromatic heterocycles. The zero-order chi connectivity index (χ0) is 12.6. The predicted molar refractivity (Wildman–Crippen MR) is 75.8 cm³/mol. The molecule has 2 rings (SSSR count). The molecule has 0 amide bonds. The van der Waals surface area contributed by atoms with Crippen LogP contribution in [0.4, 0.5) is 5.69 Å². The van der Waals surface area contributed by atoms with Crippen molar-refractivity contribution in [3.8, 4) is 11.5 Å². The summed E-state index contributed by atoms with van der Waals surface area (Å²) >= 11 is 1.98. The number of hydrogen-bond acceptors (Lipinski definition) is 5. The number of hydrogen-bond donors (Lipinski definition) is 1. The quantitative estimate of drug-likeness (QED) is 0.777. The maximum Gasteiger partial charge on any atom is 0.247 e. The number of rotatable bonds is 7. The molecule has 0 aliphatic carbocycles. The van der Waals surface area contributed by atoms with Crippen molar-refractivity contribution in [2.45, 2.75) is 13.3 Å². The highest BCUT2D eigenvalue weighted by Gasteiger charge is 2.02. The van der Waals surface area contributed by atoms with Crippen LogP contribution in [0.3, 0.4) is 0 Å². The van der Waals surface area contributed by atoms with Gasteiger partial charge in [-0.05, 0) is 42.2 Å². The summed E-state index contributed by atoms with van der Waals surface area (Å²) in [4.78, 5) is 0. The molecule has 0 aliphatic heterocycles. The summed E-state index contributed by atoms with van der Waals surface area (Å²) in [5.41, 5.74) is 2.07. The molecule has 0 saturated carbocycles. The van der Waals surface area contributed by atoms with Gasteiger partial charge in [-0.25, -0.2) is 0 Å². The molecule has 0 atom stereocenters. The summed E-state index contributed by atoms with van der Waals surface area (Å²) in [6.45, 7) is 3.20. The first-order valence-electron chi connectivity index (χ1n) is 6.08. The molecule has 2 aromatic rings. The highest BCUT2D eigenvalue weighted by molar-refractivity contribution is 7.99. The van der Waals surface area contributed by atoms with Gasteiger partial charge in [-0.15, -0.1) is 10.2 Å². The predicted octanol–water partition coefficient (Wildman–Crippen LogP) is 3.29. The van der Waals surface area contributed by atoms with Gasteiger partial charge in [-0.2, -0.15) is 11.8 Å². The fraction of sp³-hybridized carbons (Fsp3) is 0.385. The first kappa shape index (κ1) is 13.0. The monoisotopic (exact) mass is 263 g/mol. The third-order valence-corrected chi connectivity index (χ3v) is 3.48. The zero-order valence-corrected chi connectivity index (χ0v) is 11.2. The van der Waals surface area contributed by atoms with Crippen LogP contribution >= 0.6 is 11.8 Å². The topological polar surface area (TPSA) is 51.0 Å². The van der Waals surface area contributed by atoms with E-state index >= 15 is 0 Å². The van der Waals surface area contributed by atoms with Gasteiger partial charge in [0.1, 0.15) is 0 Å². The minimum Gasteiger partial charge on any atom is -0.423 e. The van der Waals surface area contributed by atoms with E-state index < -0.39 is 0 Å². The van der Waals surface area contributed by atoms with Gasteiger partial charge in [0.2, 0.25) is 12.3 Å². The van der Waals surface area contributed by atoms with Crippen molar-refractivity contribution in [2.75, 3.05) is 23.4 Å². The minimum absolute atomic E-state index is 0.556. The van der Waals surface area contributed by atoms with E-state index in [1.54, 1.807) is 0 Å². The van der Waals surface area contributed by atoms with Gasteiger partial charge in [0.05, 0.1) is 0 Å². The van der Waals surface area contributed by atoms with E-state index in [1.807, 2.05) is 36.0 Å². The number of nitrogens with one attached hydrogen (secondary N) is 1. The Morgan fingerprint density at radius 1 is 1.28 bits per heavy atom. The van der Waals surface area contributed by atoms with Gasteiger partial charge in [0.25, 0.3) is 0 Å². The van der Waals surface area contributed by atoms with Crippen LogP contribution in [-0.2, 0) is 0 Å². The number of anilines is 1. The molecule has 0 aliphatic rings. The van der Waals surface area contributed by atoms with Crippen LogP contribution in [0, 0.1) is 0 Å². The molecule has 1 heterocycles. The molecular formula is C13H17N3OS. The summed E-state index contributed by atoms with van der Waals surface area (Å²) in [6.07, 6.45) is 2.52. The average molecular weight is 263 g/mol. The molecular weight excluding hydrogens is 246 g/mol. The standard InChI is InChI=1S/C13H17N3OS/c1-2-18-9-3-8-14-12-6-4-11(5-7-12)13-16-15-10-17-13/h4-7,10,14H,2-3,8-9H2,1H3. The van der Waals surface area contributed by atoms with Crippen molar-refractivity contribution < 1.29 is 4.42 Å². The second kappa shape index (κ2) is 7.06. The molecule has 0 fully saturated rings. The summed E-state index contributed by atoms with van der Waals surface area (Å²) in [7, 11) is 0. The van der Waals surface area contributed by atoms with Crippen molar-refractivity contribution in [2.24, 2.45) is 0 Å². The lowest BCUT2D eigenvalue weighted by molar-refractivity contribution is 0.568. The lowest BCUT2D eigenvalue weighted by Crippen LogP contribution is -2.02. The average Bonchev–Trinajstić information content (AvgIpc) is 2.93. The number of thioether (sulfide) groups is 1. The van der Waals surface area contributed by atoms with E-state index in [4.69, 9.17) is 4.42 Å². The van der Waals surface area contributed by atoms with Crippen LogP contribution in [-0.4, -0.2) is 28.2 Å². The van der Waals surface area contributed by atoms with Crippen molar-refractivity contribution in [3.05, 3.63) is 30.7 Å². The molecule has 0 saturated heterocycles. The SMILES string of the molecule is CCSCCCNc1ccc(-c2nnco2)cc1. The first-order valence-corrected chi connectivity index (χ1v) is 7.24. The fourth-order valence-corrected chi connectivity index (χ4v) is 2.22. The van der Waals surface area contributed by atoms with E-state index in [-0.39, 0.29) is 0 Å². The maximum atomic E-state index is 5.14. The second-order valence-corrected chi connectivity index (χ2v) is 5.19. The molecule has 0 spiro atoms. The lowest BCUT2D eigenvalue weighted by atomic mass is 10.2. The Balaban J connectivity index is 1.81. The summed E-state index contributed by atoms with van der Waals surface area (Å²) in [5, 5.41) is 10.9. The van der Waals surface area contributed by atoms with Gasteiger partial charge >= 0.3 is 0 Å². The van der Waals surface area contributed by atoms with E-state index in [0.717, 1.165) is 17.8 Å². The van der Waals surface area contributed by atoms with E-state index in [2.05, 4.69) is 22.4 Å². The van der Waals surface area contributed by atoms with Crippen molar-refractivity contribution >= 4 is 17.4 Å². The Bertz CT molecular complexity index is 442. The van der Waals surface area contributed by atoms with Crippen molar-refractivity contribution in [1.82, 2.24) is 10.2 Å². The van der Waals surface area contributed by atoms with Gasteiger partial charge < -0.3 is 9.73 Å². The first-order chi connectivity index (χ1) is 8.90. The van der Waals surface area contributed by atoms with Crippen LogP contribution in [0.1, 0.15) is 13.3 Å². The Morgan fingerprint density at radius 3 is 2.78 bits per heavy atom. The van der Waals surface area contributed by atoms with Gasteiger partial charge in [-0.3, -0.25) is 0 Å². The molecule has 0 bridgehead atoms. The zero-order valence-electron chi connectivity index (χ0n) is 10.4. The van der Waals surface area contributed by atoms with Crippen LogP contribution in [0.5, 0.6) is 0 Å². The van der Waals surface area contributed by atoms with Gasteiger partial charge in [0, 0.05) is 17.8 Å². The molecule has 5 heteroatoms. The fourth-order valence-electron chi connectivity index (χ4n) is 1.58. The van der Waals surface area contributed by atoms with Crippen LogP contribution < -0.4 is 5.32 Å². The molecule has 18 heavy (non-hydrogen) atoms. The largest absolute Gasteiger partial charge is 0.423 e. The molecule has 0 unspecified atom stereocenters. The number of benzene rings is 1. The summed E-state index contributed by atoms with van der Waals surface area (Å²) in [6, 6.07) is 8.03. The van der Waals surface area contributed by atoms with Crippen LogP contribution in [0.25, 0.3) is 11.5 Å². The van der Waals surface area contributed by atoms with Crippen LogP contribution in [0.15, 0.2) is 35.1 Å². The minimum atomic E-state index is 0.556. The molecule has 1 aromatic carbocycles. The lowest BCUT2D eigenvalue weighted by Gasteiger charge is -2.06. The second-order valence-electron chi connectivity index (χ2n) is 3.80. The van der Waals surface area contributed by atoms with Gasteiger partial charge in [-0.1, -0.05) is 6.92 Å². The van der Waals surface area contributed by atoms with Gasteiger partial charge in [0.15, 0.2) is 0 Å².